The number of aliphatic hydroxyl groups excluding tert-OH is 11. The zero-order chi connectivity index (χ0) is 56.9. The Hall–Kier alpha value is -1.47. The Morgan fingerprint density at radius 1 is 0.449 bits per heavy atom. The Morgan fingerprint density at radius 2 is 0.808 bits per heavy atom. The maximum absolute atomic E-state index is 13.3. The van der Waals surface area contributed by atoms with E-state index in [0.29, 0.717) is 12.8 Å². The number of unbranched alkanes of at least 4 members (excludes halogenated alkanes) is 28. The van der Waals surface area contributed by atoms with Crippen LogP contribution in [0.4, 0.5) is 0 Å². The number of allylic oxidation sites excluding steroid dienone is 2. The number of aliphatic hydroxyl groups is 11. The van der Waals surface area contributed by atoms with Crippen molar-refractivity contribution in [1.29, 1.82) is 0 Å². The monoisotopic (exact) mass is 1120 g/mol. The Balaban J connectivity index is 1.49. The molecule has 12 N–H and O–H groups in total. The molecule has 17 atom stereocenters. The summed E-state index contributed by atoms with van der Waals surface area (Å²) in [6.45, 7) is 1.79. The summed E-state index contributed by atoms with van der Waals surface area (Å²) >= 11 is 0. The lowest BCUT2D eigenvalue weighted by molar-refractivity contribution is -0.379. The molecule has 3 fully saturated rings. The summed E-state index contributed by atoms with van der Waals surface area (Å²) < 4.78 is 34.3. The van der Waals surface area contributed by atoms with Crippen molar-refractivity contribution >= 4 is 5.91 Å². The van der Waals surface area contributed by atoms with Crippen molar-refractivity contribution in [3.8, 4) is 0 Å². The molecule has 3 aliphatic heterocycles. The number of nitrogens with one attached hydrogen (secondary N) is 1. The molecule has 0 aromatic carbocycles. The third-order valence-corrected chi connectivity index (χ3v) is 15.8. The largest absolute Gasteiger partial charge is 0.394 e. The molecule has 0 aromatic heterocycles. The second-order valence-electron chi connectivity index (χ2n) is 22.5. The van der Waals surface area contributed by atoms with Crippen molar-refractivity contribution in [3.05, 3.63) is 12.2 Å². The van der Waals surface area contributed by atoms with E-state index in [2.05, 4.69) is 31.3 Å². The SMILES string of the molecule is CCCCCCCCC/C=C\CCCCCCCC(=O)NC(COC1OC(CO)C(OC2OC(CO)C(OC3OC(CO)C(O)C(O)C3O)C(O)C2O)C(O)C1O)C(O)CCCCCCCCCCCCCCCCCCC. The summed E-state index contributed by atoms with van der Waals surface area (Å²) in [4.78, 5) is 13.3. The molecule has 0 aliphatic carbocycles. The lowest BCUT2D eigenvalue weighted by Gasteiger charge is -2.48. The first-order chi connectivity index (χ1) is 37.8. The number of carbonyl (C=O) groups excluding carboxylic acids is 1. The molecular formula is C59H111NO18. The van der Waals surface area contributed by atoms with Crippen LogP contribution in [0.2, 0.25) is 0 Å². The fourth-order valence-corrected chi connectivity index (χ4v) is 10.7. The Kier molecular flexibility index (Phi) is 39.2. The smallest absolute Gasteiger partial charge is 0.220 e. The minimum absolute atomic E-state index is 0.250. The van der Waals surface area contributed by atoms with Crippen LogP contribution in [0.5, 0.6) is 0 Å². The van der Waals surface area contributed by atoms with Crippen molar-refractivity contribution in [2.45, 2.75) is 330 Å². The van der Waals surface area contributed by atoms with Crippen LogP contribution in [-0.2, 0) is 33.2 Å². The van der Waals surface area contributed by atoms with Gasteiger partial charge in [-0.3, -0.25) is 4.79 Å². The predicted octanol–water partition coefficient (Wildman–Crippen LogP) is 5.77. The fraction of sp³-hybridized carbons (Fsp3) is 0.949. The van der Waals surface area contributed by atoms with Crippen molar-refractivity contribution < 1.29 is 89.4 Å². The summed E-state index contributed by atoms with van der Waals surface area (Å²) in [5, 5.41) is 120. The highest BCUT2D eigenvalue weighted by atomic mass is 16.8. The van der Waals surface area contributed by atoms with Gasteiger partial charge in [-0.2, -0.15) is 0 Å². The van der Waals surface area contributed by atoms with E-state index < -0.39 is 124 Å². The van der Waals surface area contributed by atoms with Crippen molar-refractivity contribution in [2.75, 3.05) is 26.4 Å². The molecule has 3 rings (SSSR count). The first-order valence-corrected chi connectivity index (χ1v) is 30.9. The first kappa shape index (κ1) is 70.8. The molecule has 0 aromatic rings. The van der Waals surface area contributed by atoms with E-state index in [1.807, 2.05) is 0 Å². The molecule has 3 heterocycles. The topological polar surface area (TPSA) is 307 Å². The van der Waals surface area contributed by atoms with Crippen LogP contribution in [0.15, 0.2) is 12.2 Å². The van der Waals surface area contributed by atoms with Gasteiger partial charge < -0.3 is 89.9 Å². The van der Waals surface area contributed by atoms with Gasteiger partial charge in [-0.25, -0.2) is 0 Å². The van der Waals surface area contributed by atoms with Gasteiger partial charge in [-0.05, 0) is 38.5 Å². The molecule has 0 saturated carbocycles. The highest BCUT2D eigenvalue weighted by Gasteiger charge is 2.53. The van der Waals surface area contributed by atoms with Gasteiger partial charge in [0.1, 0.15) is 73.2 Å². The Labute approximate surface area is 467 Å². The number of amides is 1. The lowest BCUT2D eigenvalue weighted by atomic mass is 9.96. The number of ether oxygens (including phenoxy) is 6. The Bertz CT molecular complexity index is 1480. The minimum Gasteiger partial charge on any atom is -0.394 e. The van der Waals surface area contributed by atoms with E-state index in [9.17, 15) is 61.0 Å². The quantitative estimate of drug-likeness (QED) is 0.0254. The van der Waals surface area contributed by atoms with Crippen LogP contribution in [0.25, 0.3) is 0 Å². The second kappa shape index (κ2) is 43.2. The third-order valence-electron chi connectivity index (χ3n) is 15.8. The number of hydrogen-bond acceptors (Lipinski definition) is 18. The Morgan fingerprint density at radius 3 is 1.24 bits per heavy atom. The molecule has 460 valence electrons. The molecule has 3 aliphatic rings. The first-order valence-electron chi connectivity index (χ1n) is 30.9. The van der Waals surface area contributed by atoms with Gasteiger partial charge in [-0.1, -0.05) is 193 Å². The van der Waals surface area contributed by atoms with Crippen LogP contribution < -0.4 is 5.32 Å². The zero-order valence-corrected chi connectivity index (χ0v) is 47.9. The van der Waals surface area contributed by atoms with Gasteiger partial charge in [0.25, 0.3) is 0 Å². The van der Waals surface area contributed by atoms with Gasteiger partial charge in [0.15, 0.2) is 18.9 Å². The highest BCUT2D eigenvalue weighted by molar-refractivity contribution is 5.76. The van der Waals surface area contributed by atoms with Gasteiger partial charge in [0, 0.05) is 6.42 Å². The van der Waals surface area contributed by atoms with Crippen LogP contribution in [0.1, 0.15) is 226 Å². The van der Waals surface area contributed by atoms with Crippen LogP contribution in [0.3, 0.4) is 0 Å². The van der Waals surface area contributed by atoms with Crippen molar-refractivity contribution in [3.63, 3.8) is 0 Å². The average Bonchev–Trinajstić information content (AvgIpc) is 3.47. The maximum atomic E-state index is 13.3. The van der Waals surface area contributed by atoms with E-state index in [-0.39, 0.29) is 18.9 Å². The predicted molar refractivity (Wildman–Crippen MR) is 296 cm³/mol. The average molecular weight is 1120 g/mol. The fourth-order valence-electron chi connectivity index (χ4n) is 10.7. The molecule has 19 heteroatoms. The van der Waals surface area contributed by atoms with Gasteiger partial charge in [0.2, 0.25) is 5.91 Å². The van der Waals surface area contributed by atoms with Gasteiger partial charge in [-0.15, -0.1) is 0 Å². The van der Waals surface area contributed by atoms with E-state index >= 15 is 0 Å². The number of carbonyl (C=O) groups is 1. The summed E-state index contributed by atoms with van der Waals surface area (Å²) in [6.07, 6.45) is 15.7. The minimum atomic E-state index is -1.97. The second-order valence-corrected chi connectivity index (χ2v) is 22.5. The highest BCUT2D eigenvalue weighted by Crippen LogP contribution is 2.33. The normalized spacial score (nSPS) is 30.5. The zero-order valence-electron chi connectivity index (χ0n) is 47.9. The molecule has 19 nitrogen and oxygen atoms in total. The molecule has 17 unspecified atom stereocenters. The molecule has 3 saturated heterocycles. The van der Waals surface area contributed by atoms with E-state index in [4.69, 9.17) is 28.4 Å². The molecule has 0 spiro atoms. The van der Waals surface area contributed by atoms with E-state index in [1.54, 1.807) is 0 Å². The molecule has 1 amide bonds. The van der Waals surface area contributed by atoms with Crippen LogP contribution in [-0.4, -0.2) is 193 Å². The van der Waals surface area contributed by atoms with Crippen molar-refractivity contribution in [1.82, 2.24) is 5.32 Å². The standard InChI is InChI=1S/C59H111NO18/c1-3-5-7-9-11-13-15-17-19-21-22-24-26-28-30-32-34-36-43(64)42(60-47(65)37-35-33-31-29-27-25-23-20-18-16-14-12-10-8-6-4-2)41-73-57-53(71)50(68)55(45(39-62)75-57)78-59-54(72)51(69)56(46(40-63)76-59)77-58-52(70)49(67)48(66)44(38-61)74-58/h20,23,42-46,48-59,61-64,66-72H,3-19,21-22,24-41H2,1-2H3,(H,60,65)/b23-20-. The maximum Gasteiger partial charge on any atom is 0.220 e. The van der Waals surface area contributed by atoms with Crippen molar-refractivity contribution in [2.24, 2.45) is 0 Å². The van der Waals surface area contributed by atoms with Crippen LogP contribution in [0, 0.1) is 0 Å². The third kappa shape index (κ3) is 26.8. The van der Waals surface area contributed by atoms with E-state index in [1.165, 1.54) is 128 Å². The van der Waals surface area contributed by atoms with Gasteiger partial charge in [0.05, 0.1) is 38.6 Å². The van der Waals surface area contributed by atoms with E-state index in [0.717, 1.165) is 64.2 Å². The molecule has 78 heavy (non-hydrogen) atoms. The number of hydrogen-bond donors (Lipinski definition) is 12. The molecular weight excluding hydrogens is 1010 g/mol. The summed E-state index contributed by atoms with van der Waals surface area (Å²) in [5.74, 6) is -0.250. The molecule has 0 radical (unpaired) electrons. The summed E-state index contributed by atoms with van der Waals surface area (Å²) in [7, 11) is 0. The van der Waals surface area contributed by atoms with Gasteiger partial charge >= 0.3 is 0 Å². The van der Waals surface area contributed by atoms with Crippen LogP contribution >= 0.6 is 0 Å². The summed E-state index contributed by atoms with van der Waals surface area (Å²) in [5.41, 5.74) is 0. The lowest BCUT2D eigenvalue weighted by Crippen LogP contribution is -2.66. The summed E-state index contributed by atoms with van der Waals surface area (Å²) in [6, 6.07) is -0.887. The number of rotatable bonds is 46. The molecule has 0 bridgehead atoms.